The highest BCUT2D eigenvalue weighted by atomic mass is 31.2. The summed E-state index contributed by atoms with van der Waals surface area (Å²) in [5.74, 6) is 2.68. The minimum atomic E-state index is -3.30. The summed E-state index contributed by atoms with van der Waals surface area (Å²) in [5.41, 5.74) is 3.46. The highest BCUT2D eigenvalue weighted by Crippen LogP contribution is 2.42. The Hall–Kier alpha value is -2.01. The van der Waals surface area contributed by atoms with Gasteiger partial charge in [0.1, 0.15) is 11.5 Å². The van der Waals surface area contributed by atoms with Gasteiger partial charge in [-0.2, -0.15) is 0 Å². The molecule has 2 N–H and O–H groups in total. The van der Waals surface area contributed by atoms with Crippen molar-refractivity contribution in [3.05, 3.63) is 53.6 Å². The van der Waals surface area contributed by atoms with Crippen LogP contribution in [0.2, 0.25) is 0 Å². The molecule has 4 rings (SSSR count). The molecule has 204 valence electrons. The summed E-state index contributed by atoms with van der Waals surface area (Å²) in [4.78, 5) is 12.2. The number of aliphatic hydroxyl groups excluding tert-OH is 1. The maximum absolute atomic E-state index is 11.7. The van der Waals surface area contributed by atoms with Gasteiger partial charge < -0.3 is 24.4 Å². The van der Waals surface area contributed by atoms with Gasteiger partial charge in [-0.15, -0.1) is 0 Å². The Morgan fingerprint density at radius 3 is 2.35 bits per heavy atom. The van der Waals surface area contributed by atoms with E-state index in [4.69, 9.17) is 9.47 Å². The fourth-order valence-corrected chi connectivity index (χ4v) is 6.71. The van der Waals surface area contributed by atoms with Crippen LogP contribution in [0.4, 0.5) is 5.69 Å². The molecular formula is C30H44NO5P. The van der Waals surface area contributed by atoms with Crippen LogP contribution in [0.3, 0.4) is 0 Å². The lowest BCUT2D eigenvalue weighted by Gasteiger charge is -2.34. The summed E-state index contributed by atoms with van der Waals surface area (Å²) in [6, 6.07) is 13.9. The standard InChI is InChI=1S/C30H44NO5P/c1-35-26-15-16-29(31-17-6-4-3-5-7-18-31)28(20-26)24-13-11-23(12-14-24)21-36-27-10-8-9-25(19-27)30(32)22-37(2,33)34/h8-10,15-16,19-20,23-24,30,32H,3-7,11-14,17-18,21-22H2,1-2H3,(H,33,34)/t23?,24?,30-/m1/s1. The van der Waals surface area contributed by atoms with E-state index < -0.39 is 13.5 Å². The molecule has 2 aromatic carbocycles. The monoisotopic (exact) mass is 529 g/mol. The zero-order valence-corrected chi connectivity index (χ0v) is 23.4. The number of hydrogen-bond donors (Lipinski definition) is 2. The maximum Gasteiger partial charge on any atom is 0.200 e. The van der Waals surface area contributed by atoms with Crippen molar-refractivity contribution in [3.63, 3.8) is 0 Å². The fraction of sp³-hybridized carbons (Fsp3) is 0.600. The third-order valence-electron chi connectivity index (χ3n) is 7.96. The van der Waals surface area contributed by atoms with E-state index in [1.807, 2.05) is 12.1 Å². The largest absolute Gasteiger partial charge is 0.497 e. The molecule has 2 atom stereocenters. The van der Waals surface area contributed by atoms with Crippen LogP contribution in [0, 0.1) is 5.92 Å². The Labute approximate surface area is 222 Å². The lowest BCUT2D eigenvalue weighted by molar-refractivity contribution is 0.191. The number of aliphatic hydroxyl groups is 1. The quantitative estimate of drug-likeness (QED) is 0.350. The number of methoxy groups -OCH3 is 1. The Morgan fingerprint density at radius 1 is 0.973 bits per heavy atom. The van der Waals surface area contributed by atoms with Gasteiger partial charge in [-0.3, -0.25) is 4.57 Å². The Balaban J connectivity index is 1.36. The molecule has 1 saturated heterocycles. The van der Waals surface area contributed by atoms with Crippen molar-refractivity contribution in [2.24, 2.45) is 5.92 Å². The number of anilines is 1. The SMILES string of the molecule is COc1ccc(N2CCCCCCC2)c(C2CCC(COc3cccc([C@H](O)CP(C)(=O)O)c3)CC2)c1. The molecule has 1 heterocycles. The van der Waals surface area contributed by atoms with Gasteiger partial charge in [0.25, 0.3) is 0 Å². The Morgan fingerprint density at radius 2 is 1.68 bits per heavy atom. The second-order valence-electron chi connectivity index (χ2n) is 11.0. The normalized spacial score (nSPS) is 23.4. The number of ether oxygens (including phenoxy) is 2. The highest BCUT2D eigenvalue weighted by Gasteiger charge is 2.27. The molecule has 2 fully saturated rings. The molecular weight excluding hydrogens is 485 g/mol. The van der Waals surface area contributed by atoms with Crippen LogP contribution in [-0.2, 0) is 4.57 Å². The number of nitrogens with zero attached hydrogens (tertiary/aromatic N) is 1. The molecule has 6 nitrogen and oxygen atoms in total. The minimum absolute atomic E-state index is 0.149. The Kier molecular flexibility index (Phi) is 9.97. The van der Waals surface area contributed by atoms with Crippen LogP contribution in [-0.4, -0.2) is 49.6 Å². The van der Waals surface area contributed by atoms with Crippen LogP contribution >= 0.6 is 7.37 Å². The van der Waals surface area contributed by atoms with E-state index >= 15 is 0 Å². The molecule has 0 amide bonds. The molecule has 0 radical (unpaired) electrons. The van der Waals surface area contributed by atoms with E-state index in [1.54, 1.807) is 19.2 Å². The summed E-state index contributed by atoms with van der Waals surface area (Å²) in [6.45, 7) is 4.21. The van der Waals surface area contributed by atoms with Crippen molar-refractivity contribution in [2.45, 2.75) is 69.8 Å². The molecule has 1 saturated carbocycles. The van der Waals surface area contributed by atoms with E-state index in [1.165, 1.54) is 50.0 Å². The first-order valence-corrected chi connectivity index (χ1v) is 16.2. The summed E-state index contributed by atoms with van der Waals surface area (Å²) in [6.07, 6.45) is 9.97. The van der Waals surface area contributed by atoms with Crippen LogP contribution in [0.1, 0.15) is 80.9 Å². The molecule has 2 aromatic rings. The number of benzene rings is 2. The molecule has 0 aromatic heterocycles. The van der Waals surface area contributed by atoms with E-state index in [0.29, 0.717) is 29.8 Å². The van der Waals surface area contributed by atoms with Crippen molar-refractivity contribution < 1.29 is 24.0 Å². The van der Waals surface area contributed by atoms with Crippen molar-refractivity contribution in [1.29, 1.82) is 0 Å². The van der Waals surface area contributed by atoms with Crippen LogP contribution in [0.25, 0.3) is 0 Å². The van der Waals surface area contributed by atoms with Crippen molar-refractivity contribution in [3.8, 4) is 11.5 Å². The van der Waals surface area contributed by atoms with E-state index in [2.05, 4.69) is 23.1 Å². The first kappa shape index (κ1) is 28.0. The lowest BCUT2D eigenvalue weighted by Crippen LogP contribution is -2.29. The topological polar surface area (TPSA) is 79.2 Å². The number of hydrogen-bond acceptors (Lipinski definition) is 5. The zero-order chi connectivity index (χ0) is 26.3. The smallest absolute Gasteiger partial charge is 0.200 e. The molecule has 1 unspecified atom stereocenters. The average Bonchev–Trinajstić information content (AvgIpc) is 2.87. The predicted molar refractivity (Wildman–Crippen MR) is 151 cm³/mol. The molecule has 1 aliphatic carbocycles. The second-order valence-corrected chi connectivity index (χ2v) is 13.5. The first-order valence-electron chi connectivity index (χ1n) is 14.0. The van der Waals surface area contributed by atoms with Gasteiger partial charge in [-0.25, -0.2) is 0 Å². The van der Waals surface area contributed by atoms with Crippen molar-refractivity contribution in [1.82, 2.24) is 0 Å². The van der Waals surface area contributed by atoms with E-state index in [0.717, 1.165) is 44.5 Å². The Bertz CT molecular complexity index is 1040. The van der Waals surface area contributed by atoms with Crippen LogP contribution in [0.15, 0.2) is 42.5 Å². The lowest BCUT2D eigenvalue weighted by atomic mass is 9.78. The zero-order valence-electron chi connectivity index (χ0n) is 22.5. The summed E-state index contributed by atoms with van der Waals surface area (Å²) in [5, 5.41) is 10.3. The third kappa shape index (κ3) is 8.24. The molecule has 2 aliphatic rings. The van der Waals surface area contributed by atoms with Gasteiger partial charge in [-0.05, 0) is 91.8 Å². The summed E-state index contributed by atoms with van der Waals surface area (Å²) >= 11 is 0. The maximum atomic E-state index is 11.7. The number of rotatable bonds is 9. The molecule has 37 heavy (non-hydrogen) atoms. The van der Waals surface area contributed by atoms with E-state index in [-0.39, 0.29) is 6.16 Å². The molecule has 0 spiro atoms. The minimum Gasteiger partial charge on any atom is -0.497 e. The second kappa shape index (κ2) is 13.2. The molecule has 0 bridgehead atoms. The van der Waals surface area contributed by atoms with Gasteiger partial charge in [0.2, 0.25) is 7.37 Å². The predicted octanol–water partition coefficient (Wildman–Crippen LogP) is 6.75. The van der Waals surface area contributed by atoms with Gasteiger partial charge in [0.15, 0.2) is 0 Å². The summed E-state index contributed by atoms with van der Waals surface area (Å²) in [7, 11) is -1.54. The van der Waals surface area contributed by atoms with E-state index in [9.17, 15) is 14.6 Å². The van der Waals surface area contributed by atoms with Gasteiger partial charge in [-0.1, -0.05) is 31.4 Å². The molecule has 7 heteroatoms. The van der Waals surface area contributed by atoms with Crippen LogP contribution in [0.5, 0.6) is 11.5 Å². The van der Waals surface area contributed by atoms with Crippen molar-refractivity contribution >= 4 is 13.1 Å². The van der Waals surface area contributed by atoms with Gasteiger partial charge in [0.05, 0.1) is 26.0 Å². The summed E-state index contributed by atoms with van der Waals surface area (Å²) < 4.78 is 23.4. The van der Waals surface area contributed by atoms with Crippen molar-refractivity contribution in [2.75, 3.05) is 44.5 Å². The fourth-order valence-electron chi connectivity index (χ4n) is 5.85. The first-order chi connectivity index (χ1) is 17.8. The van der Waals surface area contributed by atoms with Crippen LogP contribution < -0.4 is 14.4 Å². The third-order valence-corrected chi connectivity index (χ3v) is 8.98. The molecule has 1 aliphatic heterocycles. The highest BCUT2D eigenvalue weighted by molar-refractivity contribution is 7.57. The van der Waals surface area contributed by atoms with Gasteiger partial charge in [0, 0.05) is 25.4 Å². The average molecular weight is 530 g/mol. The van der Waals surface area contributed by atoms with Gasteiger partial charge >= 0.3 is 0 Å².